The maximum Gasteiger partial charge on any atom is 0.350 e. The van der Waals surface area contributed by atoms with Crippen molar-refractivity contribution in [2.75, 3.05) is 6.61 Å². The van der Waals surface area contributed by atoms with E-state index in [1.165, 1.54) is 0 Å². The third-order valence-electron chi connectivity index (χ3n) is 3.28. The fourth-order valence-electron chi connectivity index (χ4n) is 1.98. The zero-order valence-corrected chi connectivity index (χ0v) is 14.6. The number of nitrogens with one attached hydrogen (secondary N) is 2. The minimum absolute atomic E-state index is 0.129. The van der Waals surface area contributed by atoms with E-state index in [0.29, 0.717) is 10.4 Å². The van der Waals surface area contributed by atoms with Crippen LogP contribution in [0.25, 0.3) is 10.1 Å². The van der Waals surface area contributed by atoms with Crippen molar-refractivity contribution in [3.05, 3.63) is 33.1 Å². The molecular weight excluding hydrogens is 375 g/mol. The van der Waals surface area contributed by atoms with Gasteiger partial charge in [0.05, 0.1) is 5.02 Å². The second-order valence-corrected chi connectivity index (χ2v) is 7.12. The normalized spacial score (nSPS) is 13.6. The number of hydrogen-bond donors (Lipinski definition) is 2. The summed E-state index contributed by atoms with van der Waals surface area (Å²) in [5.41, 5.74) is 0. The Morgan fingerprint density at radius 2 is 2.00 bits per heavy atom. The number of urea groups is 1. The number of hydrogen-bond acceptors (Lipinski definition) is 5. The summed E-state index contributed by atoms with van der Waals surface area (Å²) in [5.74, 6) is -1.43. The molecule has 1 saturated carbocycles. The SMILES string of the molecule is O=C(COC(=O)c1sc2cc(Cl)ccc2c1Cl)NC(=O)NC1CC1. The molecule has 126 valence electrons. The van der Waals surface area contributed by atoms with Crippen molar-refractivity contribution in [3.8, 4) is 0 Å². The summed E-state index contributed by atoms with van der Waals surface area (Å²) in [7, 11) is 0. The fourth-order valence-corrected chi connectivity index (χ4v) is 3.66. The number of carbonyl (C=O) groups excluding carboxylic acids is 3. The van der Waals surface area contributed by atoms with Crippen molar-refractivity contribution in [1.29, 1.82) is 0 Å². The molecule has 0 saturated heterocycles. The molecule has 2 N–H and O–H groups in total. The van der Waals surface area contributed by atoms with Crippen molar-refractivity contribution in [3.63, 3.8) is 0 Å². The second-order valence-electron chi connectivity index (χ2n) is 5.26. The molecule has 1 fully saturated rings. The lowest BCUT2D eigenvalue weighted by molar-refractivity contribution is -0.123. The zero-order valence-electron chi connectivity index (χ0n) is 12.2. The Morgan fingerprint density at radius 3 is 2.71 bits per heavy atom. The second kappa shape index (κ2) is 6.96. The van der Waals surface area contributed by atoms with Gasteiger partial charge in [0.1, 0.15) is 4.88 Å². The predicted molar refractivity (Wildman–Crippen MR) is 91.8 cm³/mol. The van der Waals surface area contributed by atoms with Gasteiger partial charge in [-0.2, -0.15) is 0 Å². The first kappa shape index (κ1) is 17.0. The average molecular weight is 387 g/mol. The van der Waals surface area contributed by atoms with Crippen LogP contribution in [0.2, 0.25) is 10.0 Å². The van der Waals surface area contributed by atoms with Gasteiger partial charge in [0.15, 0.2) is 6.61 Å². The smallest absolute Gasteiger partial charge is 0.350 e. The lowest BCUT2D eigenvalue weighted by Crippen LogP contribution is -2.42. The van der Waals surface area contributed by atoms with Gasteiger partial charge in [-0.25, -0.2) is 9.59 Å². The number of imide groups is 1. The van der Waals surface area contributed by atoms with Gasteiger partial charge in [-0.3, -0.25) is 10.1 Å². The molecular formula is C15H12Cl2N2O4S. The highest BCUT2D eigenvalue weighted by molar-refractivity contribution is 7.21. The summed E-state index contributed by atoms with van der Waals surface area (Å²) in [4.78, 5) is 35.3. The molecule has 0 spiro atoms. The third kappa shape index (κ3) is 3.98. The molecule has 24 heavy (non-hydrogen) atoms. The molecule has 1 aromatic carbocycles. The molecule has 3 rings (SSSR count). The van der Waals surface area contributed by atoms with Gasteiger partial charge in [0, 0.05) is 21.2 Å². The number of halogens is 2. The number of benzene rings is 1. The monoisotopic (exact) mass is 386 g/mol. The van der Waals surface area contributed by atoms with Crippen LogP contribution >= 0.6 is 34.5 Å². The van der Waals surface area contributed by atoms with E-state index >= 15 is 0 Å². The Bertz CT molecular complexity index is 832. The van der Waals surface area contributed by atoms with E-state index in [0.717, 1.165) is 28.9 Å². The van der Waals surface area contributed by atoms with Crippen molar-refractivity contribution >= 4 is 62.5 Å². The zero-order chi connectivity index (χ0) is 17.3. The van der Waals surface area contributed by atoms with Crippen LogP contribution in [0.4, 0.5) is 4.79 Å². The lowest BCUT2D eigenvalue weighted by atomic mass is 10.2. The Morgan fingerprint density at radius 1 is 1.25 bits per heavy atom. The number of rotatable bonds is 4. The highest BCUT2D eigenvalue weighted by atomic mass is 35.5. The number of fused-ring (bicyclic) bond motifs is 1. The van der Waals surface area contributed by atoms with Crippen LogP contribution in [0.15, 0.2) is 18.2 Å². The van der Waals surface area contributed by atoms with E-state index in [-0.39, 0.29) is 15.9 Å². The quantitative estimate of drug-likeness (QED) is 0.788. The van der Waals surface area contributed by atoms with E-state index in [1.54, 1.807) is 18.2 Å². The van der Waals surface area contributed by atoms with Crippen LogP contribution in [0.5, 0.6) is 0 Å². The van der Waals surface area contributed by atoms with Gasteiger partial charge in [-0.05, 0) is 25.0 Å². The van der Waals surface area contributed by atoms with Crippen LogP contribution in [-0.2, 0) is 9.53 Å². The summed E-state index contributed by atoms with van der Waals surface area (Å²) < 4.78 is 5.66. The molecule has 2 aromatic rings. The molecule has 0 radical (unpaired) electrons. The van der Waals surface area contributed by atoms with Crippen molar-refractivity contribution in [2.24, 2.45) is 0 Å². The van der Waals surface area contributed by atoms with Gasteiger partial charge < -0.3 is 10.1 Å². The van der Waals surface area contributed by atoms with Gasteiger partial charge >= 0.3 is 12.0 Å². The number of esters is 1. The highest BCUT2D eigenvalue weighted by Gasteiger charge is 2.24. The number of thiophene rings is 1. The first-order chi connectivity index (χ1) is 11.4. The van der Waals surface area contributed by atoms with E-state index in [2.05, 4.69) is 10.6 Å². The summed E-state index contributed by atoms with van der Waals surface area (Å²) >= 11 is 13.2. The molecule has 0 bridgehead atoms. The first-order valence-electron chi connectivity index (χ1n) is 7.09. The predicted octanol–water partition coefficient (Wildman–Crippen LogP) is 3.35. The molecule has 0 unspecified atom stereocenters. The highest BCUT2D eigenvalue weighted by Crippen LogP contribution is 2.37. The van der Waals surface area contributed by atoms with Crippen molar-refractivity contribution in [2.45, 2.75) is 18.9 Å². The molecule has 1 aromatic heterocycles. The largest absolute Gasteiger partial charge is 0.451 e. The summed E-state index contributed by atoms with van der Waals surface area (Å²) in [6.45, 7) is -0.567. The lowest BCUT2D eigenvalue weighted by Gasteiger charge is -2.06. The molecule has 1 heterocycles. The molecule has 0 aliphatic heterocycles. The Hall–Kier alpha value is -1.83. The van der Waals surface area contributed by atoms with E-state index < -0.39 is 24.5 Å². The molecule has 3 amide bonds. The molecule has 6 nitrogen and oxygen atoms in total. The standard InChI is InChI=1S/C15H12Cl2N2O4S/c16-7-1-4-9-10(5-7)24-13(12(9)17)14(21)23-6-11(20)19-15(22)18-8-2-3-8/h1,4-5,8H,2-3,6H2,(H2,18,19,20,22). The maximum absolute atomic E-state index is 12.1. The summed E-state index contributed by atoms with van der Waals surface area (Å²) in [6, 6.07) is 4.61. The molecule has 0 atom stereocenters. The maximum atomic E-state index is 12.1. The average Bonchev–Trinajstić information content (AvgIpc) is 3.27. The topological polar surface area (TPSA) is 84.5 Å². The van der Waals surface area contributed by atoms with Crippen LogP contribution in [0.3, 0.4) is 0 Å². The van der Waals surface area contributed by atoms with Crippen molar-refractivity contribution < 1.29 is 19.1 Å². The Balaban J connectivity index is 1.59. The third-order valence-corrected chi connectivity index (χ3v) is 5.15. The summed E-state index contributed by atoms with van der Waals surface area (Å²) in [6.07, 6.45) is 1.82. The van der Waals surface area contributed by atoms with Gasteiger partial charge in [0.25, 0.3) is 5.91 Å². The van der Waals surface area contributed by atoms with Crippen LogP contribution in [-0.4, -0.2) is 30.6 Å². The number of ether oxygens (including phenoxy) is 1. The molecule has 1 aliphatic carbocycles. The molecule has 9 heteroatoms. The Labute approximate surface area is 151 Å². The van der Waals surface area contributed by atoms with E-state index in [4.69, 9.17) is 27.9 Å². The van der Waals surface area contributed by atoms with Crippen LogP contribution in [0, 0.1) is 0 Å². The first-order valence-corrected chi connectivity index (χ1v) is 8.66. The van der Waals surface area contributed by atoms with Crippen LogP contribution in [0.1, 0.15) is 22.5 Å². The van der Waals surface area contributed by atoms with Gasteiger partial charge in [-0.1, -0.05) is 29.3 Å². The summed E-state index contributed by atoms with van der Waals surface area (Å²) in [5, 5.41) is 6.16. The van der Waals surface area contributed by atoms with E-state index in [9.17, 15) is 14.4 Å². The van der Waals surface area contributed by atoms with Gasteiger partial charge in [-0.15, -0.1) is 11.3 Å². The van der Waals surface area contributed by atoms with Gasteiger partial charge in [0.2, 0.25) is 0 Å². The van der Waals surface area contributed by atoms with Crippen LogP contribution < -0.4 is 10.6 Å². The Kier molecular flexibility index (Phi) is 4.93. The number of amides is 3. The molecule has 1 aliphatic rings. The minimum atomic E-state index is -0.727. The minimum Gasteiger partial charge on any atom is -0.451 e. The number of carbonyl (C=O) groups is 3. The van der Waals surface area contributed by atoms with E-state index in [1.807, 2.05) is 0 Å². The van der Waals surface area contributed by atoms with Crippen molar-refractivity contribution in [1.82, 2.24) is 10.6 Å². The fraction of sp³-hybridized carbons (Fsp3) is 0.267.